The Morgan fingerprint density at radius 2 is 2.00 bits per heavy atom. The van der Waals surface area contributed by atoms with Crippen LogP contribution in [0.4, 0.5) is 0 Å². The molecule has 0 radical (unpaired) electrons. The van der Waals surface area contributed by atoms with Crippen molar-refractivity contribution in [2.75, 3.05) is 0 Å². The van der Waals surface area contributed by atoms with Crippen LogP contribution >= 0.6 is 0 Å². The van der Waals surface area contributed by atoms with Gasteiger partial charge in [0.25, 0.3) is 0 Å². The van der Waals surface area contributed by atoms with Crippen molar-refractivity contribution in [3.05, 3.63) is 42.9 Å². The first kappa shape index (κ1) is 7.32. The molecule has 0 aliphatic carbocycles. The number of aromatic amines is 1. The average molecular weight is 184 g/mol. The maximum atomic E-state index is 4.22. The smallest absolute Gasteiger partial charge is 0.160 e. The van der Waals surface area contributed by atoms with E-state index in [1.807, 2.05) is 34.9 Å². The third-order valence-electron chi connectivity index (χ3n) is 2.19. The van der Waals surface area contributed by atoms with E-state index in [0.29, 0.717) is 0 Å². The zero-order valence-corrected chi connectivity index (χ0v) is 7.38. The summed E-state index contributed by atoms with van der Waals surface area (Å²) in [5, 5.41) is 6.86. The number of imidazole rings is 1. The van der Waals surface area contributed by atoms with Crippen molar-refractivity contribution in [1.29, 1.82) is 0 Å². The highest BCUT2D eigenvalue weighted by atomic mass is 15.2. The number of hydrogen-bond donors (Lipinski definition) is 1. The molecule has 68 valence electrons. The number of nitrogens with zero attached hydrogens (tertiary/aromatic N) is 3. The molecule has 0 saturated heterocycles. The number of fused-ring (bicyclic) bond motifs is 1. The van der Waals surface area contributed by atoms with Gasteiger partial charge in [-0.05, 0) is 12.1 Å². The van der Waals surface area contributed by atoms with Gasteiger partial charge in [-0.1, -0.05) is 18.2 Å². The molecule has 4 nitrogen and oxygen atoms in total. The van der Waals surface area contributed by atoms with Gasteiger partial charge in [0.1, 0.15) is 11.8 Å². The van der Waals surface area contributed by atoms with Gasteiger partial charge in [0.2, 0.25) is 0 Å². The lowest BCUT2D eigenvalue weighted by atomic mass is 10.3. The van der Waals surface area contributed by atoms with Crippen LogP contribution in [0.5, 0.6) is 0 Å². The number of benzene rings is 1. The summed E-state index contributed by atoms with van der Waals surface area (Å²) in [6.45, 7) is 0. The largest absolute Gasteiger partial charge is 0.284 e. The van der Waals surface area contributed by atoms with Crippen LogP contribution in [0, 0.1) is 0 Å². The van der Waals surface area contributed by atoms with Crippen LogP contribution < -0.4 is 0 Å². The molecule has 4 heteroatoms. The fourth-order valence-corrected chi connectivity index (χ4v) is 1.51. The third-order valence-corrected chi connectivity index (χ3v) is 2.19. The molecule has 0 spiro atoms. The summed E-state index contributed by atoms with van der Waals surface area (Å²) in [5.41, 5.74) is 2.89. The molecule has 3 aromatic rings. The summed E-state index contributed by atoms with van der Waals surface area (Å²) in [6.07, 6.45) is 3.51. The summed E-state index contributed by atoms with van der Waals surface area (Å²) < 4.78 is 1.97. The molecule has 0 saturated carbocycles. The van der Waals surface area contributed by atoms with Crippen molar-refractivity contribution in [3.8, 4) is 5.69 Å². The Hall–Kier alpha value is -2.10. The van der Waals surface area contributed by atoms with E-state index >= 15 is 0 Å². The fraction of sp³-hybridized carbons (Fsp3) is 0. The van der Waals surface area contributed by atoms with Gasteiger partial charge in [-0.25, -0.2) is 4.98 Å². The van der Waals surface area contributed by atoms with Crippen molar-refractivity contribution < 1.29 is 0 Å². The van der Waals surface area contributed by atoms with E-state index in [1.165, 1.54) is 0 Å². The topological polar surface area (TPSA) is 46.5 Å². The van der Waals surface area contributed by atoms with Crippen molar-refractivity contribution in [3.63, 3.8) is 0 Å². The predicted octanol–water partition coefficient (Wildman–Crippen LogP) is 1.75. The number of rotatable bonds is 1. The maximum absolute atomic E-state index is 4.22. The molecule has 3 rings (SSSR count). The van der Waals surface area contributed by atoms with Crippen LogP contribution in [-0.4, -0.2) is 19.7 Å². The van der Waals surface area contributed by atoms with Crippen LogP contribution in [0.2, 0.25) is 0 Å². The SMILES string of the molecule is c1ccc(-n2cnc3cn[nH]c32)cc1. The maximum Gasteiger partial charge on any atom is 0.160 e. The van der Waals surface area contributed by atoms with Crippen LogP contribution in [0.15, 0.2) is 42.9 Å². The lowest BCUT2D eigenvalue weighted by Gasteiger charge is -2.00. The van der Waals surface area contributed by atoms with E-state index in [2.05, 4.69) is 15.2 Å². The molecule has 0 amide bonds. The number of para-hydroxylation sites is 1. The Kier molecular flexibility index (Phi) is 1.41. The van der Waals surface area contributed by atoms with Gasteiger partial charge in [0, 0.05) is 5.69 Å². The summed E-state index contributed by atoms with van der Waals surface area (Å²) in [7, 11) is 0. The molecular formula is C10H8N4. The fourth-order valence-electron chi connectivity index (χ4n) is 1.51. The van der Waals surface area contributed by atoms with Crippen molar-refractivity contribution in [2.24, 2.45) is 0 Å². The number of nitrogens with one attached hydrogen (secondary N) is 1. The summed E-state index contributed by atoms with van der Waals surface area (Å²) in [4.78, 5) is 4.22. The molecule has 1 aromatic carbocycles. The van der Waals surface area contributed by atoms with Gasteiger partial charge >= 0.3 is 0 Å². The minimum absolute atomic E-state index is 0.883. The van der Waals surface area contributed by atoms with E-state index in [-0.39, 0.29) is 0 Å². The number of hydrogen-bond acceptors (Lipinski definition) is 2. The van der Waals surface area contributed by atoms with Gasteiger partial charge in [-0.3, -0.25) is 9.67 Å². The molecule has 0 bridgehead atoms. The molecule has 0 aliphatic heterocycles. The van der Waals surface area contributed by atoms with Crippen molar-refractivity contribution in [1.82, 2.24) is 19.7 Å². The van der Waals surface area contributed by atoms with Crippen molar-refractivity contribution in [2.45, 2.75) is 0 Å². The Morgan fingerprint density at radius 3 is 2.86 bits per heavy atom. The zero-order valence-electron chi connectivity index (χ0n) is 7.38. The molecular weight excluding hydrogens is 176 g/mol. The standard InChI is InChI=1S/C10H8N4/c1-2-4-8(5-3-1)14-7-11-9-6-12-13-10(9)14/h1-7H,(H,12,13). The molecule has 2 heterocycles. The summed E-state index contributed by atoms with van der Waals surface area (Å²) >= 11 is 0. The molecule has 1 N–H and O–H groups in total. The predicted molar refractivity (Wildman–Crippen MR) is 53.2 cm³/mol. The van der Waals surface area contributed by atoms with E-state index in [0.717, 1.165) is 16.9 Å². The van der Waals surface area contributed by atoms with E-state index in [9.17, 15) is 0 Å². The Morgan fingerprint density at radius 1 is 1.14 bits per heavy atom. The monoisotopic (exact) mass is 184 g/mol. The lowest BCUT2D eigenvalue weighted by Crippen LogP contribution is -1.91. The van der Waals surface area contributed by atoms with Crippen LogP contribution in [0.1, 0.15) is 0 Å². The van der Waals surface area contributed by atoms with Gasteiger partial charge in [0.05, 0.1) is 6.20 Å². The van der Waals surface area contributed by atoms with E-state index < -0.39 is 0 Å². The first-order valence-electron chi connectivity index (χ1n) is 4.37. The van der Waals surface area contributed by atoms with E-state index in [1.54, 1.807) is 12.5 Å². The Balaban J connectivity index is 2.28. The van der Waals surface area contributed by atoms with Crippen LogP contribution in [-0.2, 0) is 0 Å². The average Bonchev–Trinajstić information content (AvgIpc) is 2.79. The quantitative estimate of drug-likeness (QED) is 0.626. The molecule has 2 aromatic heterocycles. The summed E-state index contributed by atoms with van der Waals surface area (Å²) in [6, 6.07) is 10.0. The van der Waals surface area contributed by atoms with Gasteiger partial charge < -0.3 is 0 Å². The highest BCUT2D eigenvalue weighted by molar-refractivity contribution is 5.71. The number of aromatic nitrogens is 4. The zero-order chi connectivity index (χ0) is 9.38. The van der Waals surface area contributed by atoms with Crippen LogP contribution in [0.3, 0.4) is 0 Å². The molecule has 0 unspecified atom stereocenters. The van der Waals surface area contributed by atoms with Gasteiger partial charge in [0.15, 0.2) is 5.65 Å². The summed E-state index contributed by atoms with van der Waals surface area (Å²) in [5.74, 6) is 0. The second-order valence-electron chi connectivity index (χ2n) is 3.05. The minimum Gasteiger partial charge on any atom is -0.284 e. The molecule has 14 heavy (non-hydrogen) atoms. The van der Waals surface area contributed by atoms with Gasteiger partial charge in [-0.2, -0.15) is 5.10 Å². The van der Waals surface area contributed by atoms with Crippen LogP contribution in [0.25, 0.3) is 16.9 Å². The molecule has 0 aliphatic rings. The molecule has 0 fully saturated rings. The first-order chi connectivity index (χ1) is 6.95. The molecule has 0 atom stereocenters. The van der Waals surface area contributed by atoms with E-state index in [4.69, 9.17) is 0 Å². The Labute approximate surface area is 80.2 Å². The number of H-pyrrole nitrogens is 1. The van der Waals surface area contributed by atoms with Crippen molar-refractivity contribution >= 4 is 11.2 Å². The third kappa shape index (κ3) is 0.939. The lowest BCUT2D eigenvalue weighted by molar-refractivity contribution is 1.01. The second-order valence-corrected chi connectivity index (χ2v) is 3.05. The minimum atomic E-state index is 0.883. The van der Waals surface area contributed by atoms with Gasteiger partial charge in [-0.15, -0.1) is 0 Å². The second kappa shape index (κ2) is 2.70. The highest BCUT2D eigenvalue weighted by Crippen LogP contribution is 2.14. The Bertz CT molecular complexity index is 550. The normalized spacial score (nSPS) is 10.9. The highest BCUT2D eigenvalue weighted by Gasteiger charge is 2.04. The first-order valence-corrected chi connectivity index (χ1v) is 4.37.